The maximum absolute atomic E-state index is 3.56. The van der Waals surface area contributed by atoms with Gasteiger partial charge in [0.1, 0.15) is 0 Å². The van der Waals surface area contributed by atoms with Gasteiger partial charge in [0, 0.05) is 36.7 Å². The van der Waals surface area contributed by atoms with E-state index in [4.69, 9.17) is 0 Å². The second-order valence-corrected chi connectivity index (χ2v) is 6.01. The topological polar surface area (TPSA) is 15.3 Å². The molecule has 1 heterocycles. The minimum atomic E-state index is 0. The average Bonchev–Trinajstić information content (AvgIpc) is 2.39. The van der Waals surface area contributed by atoms with E-state index < -0.39 is 0 Å². The van der Waals surface area contributed by atoms with Gasteiger partial charge < -0.3 is 5.32 Å². The summed E-state index contributed by atoms with van der Waals surface area (Å²) < 4.78 is 1.22. The molecular formula is C14H21BrCl2N2. The molecule has 1 N–H and O–H groups in total. The van der Waals surface area contributed by atoms with Crippen molar-refractivity contribution >= 4 is 40.7 Å². The highest BCUT2D eigenvalue weighted by atomic mass is 79.9. The first-order valence-electron chi connectivity index (χ1n) is 6.55. The third-order valence-corrected chi connectivity index (χ3v) is 4.53. The second kappa shape index (κ2) is 7.84. The first-order valence-corrected chi connectivity index (χ1v) is 7.34. The van der Waals surface area contributed by atoms with Crippen LogP contribution >= 0.6 is 40.7 Å². The zero-order valence-corrected chi connectivity index (χ0v) is 14.1. The molecule has 1 aliphatic heterocycles. The van der Waals surface area contributed by atoms with Gasteiger partial charge in [-0.05, 0) is 42.5 Å². The van der Waals surface area contributed by atoms with Gasteiger partial charge in [-0.15, -0.1) is 24.8 Å². The summed E-state index contributed by atoms with van der Waals surface area (Å²) in [5.41, 5.74) is 3.11. The van der Waals surface area contributed by atoms with Crippen molar-refractivity contribution in [2.75, 3.05) is 26.2 Å². The normalized spacial score (nSPS) is 22.9. The zero-order valence-electron chi connectivity index (χ0n) is 10.9. The van der Waals surface area contributed by atoms with Crippen LogP contribution in [0.1, 0.15) is 17.5 Å². The van der Waals surface area contributed by atoms with Gasteiger partial charge in [0.25, 0.3) is 0 Å². The fourth-order valence-corrected chi connectivity index (χ4v) is 3.47. The summed E-state index contributed by atoms with van der Waals surface area (Å²) >= 11 is 3.56. The van der Waals surface area contributed by atoms with Crippen LogP contribution in [-0.4, -0.2) is 37.1 Å². The fraction of sp³-hybridized carbons (Fsp3) is 0.571. The summed E-state index contributed by atoms with van der Waals surface area (Å²) in [6.07, 6.45) is 3.80. The molecule has 2 aliphatic rings. The van der Waals surface area contributed by atoms with Crippen molar-refractivity contribution in [2.45, 2.75) is 25.3 Å². The van der Waals surface area contributed by atoms with E-state index in [0.717, 1.165) is 19.1 Å². The molecule has 3 rings (SSSR count). The van der Waals surface area contributed by atoms with E-state index in [0.29, 0.717) is 0 Å². The summed E-state index contributed by atoms with van der Waals surface area (Å²) in [6, 6.07) is 7.54. The molecule has 5 heteroatoms. The molecule has 0 aromatic heterocycles. The Hall–Kier alpha value is 0.200. The Kier molecular flexibility index (Phi) is 7.12. The van der Waals surface area contributed by atoms with Gasteiger partial charge in [0.2, 0.25) is 0 Å². The largest absolute Gasteiger partial charge is 0.314 e. The molecule has 0 saturated carbocycles. The molecule has 1 fully saturated rings. The maximum atomic E-state index is 3.56. The number of hydrogen-bond donors (Lipinski definition) is 1. The third kappa shape index (κ3) is 4.08. The van der Waals surface area contributed by atoms with Crippen LogP contribution in [0.4, 0.5) is 0 Å². The van der Waals surface area contributed by atoms with E-state index >= 15 is 0 Å². The number of nitrogens with one attached hydrogen (secondary N) is 1. The quantitative estimate of drug-likeness (QED) is 0.820. The van der Waals surface area contributed by atoms with E-state index in [1.54, 1.807) is 11.1 Å². The third-order valence-electron chi connectivity index (χ3n) is 4.04. The van der Waals surface area contributed by atoms with E-state index in [1.165, 1.54) is 36.8 Å². The zero-order chi connectivity index (χ0) is 11.7. The highest BCUT2D eigenvalue weighted by Gasteiger charge is 2.25. The second-order valence-electron chi connectivity index (χ2n) is 5.10. The summed E-state index contributed by atoms with van der Waals surface area (Å²) in [5, 5.41) is 3.43. The van der Waals surface area contributed by atoms with Crippen molar-refractivity contribution in [3.63, 3.8) is 0 Å². The van der Waals surface area contributed by atoms with Gasteiger partial charge in [-0.1, -0.05) is 22.0 Å². The van der Waals surface area contributed by atoms with Crippen LogP contribution < -0.4 is 5.32 Å². The minimum Gasteiger partial charge on any atom is -0.314 e. The molecule has 0 bridgehead atoms. The number of piperazine rings is 1. The van der Waals surface area contributed by atoms with Gasteiger partial charge in [-0.3, -0.25) is 4.90 Å². The number of hydrogen-bond acceptors (Lipinski definition) is 2. The van der Waals surface area contributed by atoms with Gasteiger partial charge >= 0.3 is 0 Å². The molecule has 1 aromatic rings. The highest BCUT2D eigenvalue weighted by Crippen LogP contribution is 2.27. The van der Waals surface area contributed by atoms with Crippen LogP contribution in [0.5, 0.6) is 0 Å². The molecule has 1 saturated heterocycles. The number of nitrogens with zero attached hydrogens (tertiary/aromatic N) is 1. The van der Waals surface area contributed by atoms with E-state index in [-0.39, 0.29) is 24.8 Å². The van der Waals surface area contributed by atoms with Crippen molar-refractivity contribution < 1.29 is 0 Å². The molecule has 2 nitrogen and oxygen atoms in total. The van der Waals surface area contributed by atoms with Gasteiger partial charge in [-0.2, -0.15) is 0 Å². The van der Waals surface area contributed by atoms with Crippen molar-refractivity contribution in [1.29, 1.82) is 0 Å². The molecule has 1 aliphatic carbocycles. The molecule has 19 heavy (non-hydrogen) atoms. The summed E-state index contributed by atoms with van der Waals surface area (Å²) in [5.74, 6) is 0. The average molecular weight is 368 g/mol. The Balaban J connectivity index is 0.000000902. The highest BCUT2D eigenvalue weighted by molar-refractivity contribution is 9.10. The van der Waals surface area contributed by atoms with Gasteiger partial charge in [0.15, 0.2) is 0 Å². The number of benzene rings is 1. The van der Waals surface area contributed by atoms with Crippen LogP contribution in [0.25, 0.3) is 0 Å². The molecule has 0 amide bonds. The van der Waals surface area contributed by atoms with Crippen LogP contribution in [0.3, 0.4) is 0 Å². The number of rotatable bonds is 1. The lowest BCUT2D eigenvalue weighted by molar-refractivity contribution is 0.159. The number of aryl methyl sites for hydroxylation is 1. The van der Waals surface area contributed by atoms with Crippen molar-refractivity contribution in [2.24, 2.45) is 0 Å². The van der Waals surface area contributed by atoms with Crippen LogP contribution in [0.2, 0.25) is 0 Å². The summed E-state index contributed by atoms with van der Waals surface area (Å²) in [7, 11) is 0. The Morgan fingerprint density at radius 2 is 1.84 bits per heavy atom. The first-order chi connectivity index (χ1) is 8.33. The molecule has 1 unspecified atom stereocenters. The minimum absolute atomic E-state index is 0. The predicted molar refractivity (Wildman–Crippen MR) is 88.9 cm³/mol. The number of halogens is 3. The van der Waals surface area contributed by atoms with E-state index in [2.05, 4.69) is 44.3 Å². The number of fused-ring (bicyclic) bond motifs is 1. The monoisotopic (exact) mass is 366 g/mol. The summed E-state index contributed by atoms with van der Waals surface area (Å²) in [6.45, 7) is 4.75. The first kappa shape index (κ1) is 17.3. The molecule has 0 radical (unpaired) electrons. The Morgan fingerprint density at radius 3 is 2.58 bits per heavy atom. The van der Waals surface area contributed by atoms with Gasteiger partial charge in [0.05, 0.1) is 0 Å². The van der Waals surface area contributed by atoms with Crippen LogP contribution in [0.15, 0.2) is 22.7 Å². The lowest BCUT2D eigenvalue weighted by atomic mass is 9.87. The SMILES string of the molecule is Brc1ccc2c(c1)CCC(N1CCNCC1)C2.Cl.Cl. The Bertz CT molecular complexity index is 408. The molecule has 0 spiro atoms. The van der Waals surface area contributed by atoms with Gasteiger partial charge in [-0.25, -0.2) is 0 Å². The predicted octanol–water partition coefficient (Wildman–Crippen LogP) is 3.06. The molecule has 1 aromatic carbocycles. The summed E-state index contributed by atoms with van der Waals surface area (Å²) in [4.78, 5) is 2.67. The van der Waals surface area contributed by atoms with Crippen LogP contribution in [-0.2, 0) is 12.8 Å². The van der Waals surface area contributed by atoms with E-state index in [9.17, 15) is 0 Å². The Morgan fingerprint density at radius 1 is 1.11 bits per heavy atom. The lowest BCUT2D eigenvalue weighted by Gasteiger charge is -2.37. The van der Waals surface area contributed by atoms with Crippen molar-refractivity contribution in [3.8, 4) is 0 Å². The molecule has 108 valence electrons. The lowest BCUT2D eigenvalue weighted by Crippen LogP contribution is -2.50. The smallest absolute Gasteiger partial charge is 0.0178 e. The Labute approximate surface area is 136 Å². The maximum Gasteiger partial charge on any atom is 0.0178 e. The molecular weight excluding hydrogens is 347 g/mol. The fourth-order valence-electron chi connectivity index (χ4n) is 3.06. The van der Waals surface area contributed by atoms with Crippen LogP contribution in [0, 0.1) is 0 Å². The molecule has 1 atom stereocenters. The van der Waals surface area contributed by atoms with E-state index in [1.807, 2.05) is 0 Å². The van der Waals surface area contributed by atoms with Crippen molar-refractivity contribution in [3.05, 3.63) is 33.8 Å². The van der Waals surface area contributed by atoms with Crippen molar-refractivity contribution in [1.82, 2.24) is 10.2 Å². The standard InChI is InChI=1S/C14H19BrN2.2ClH/c15-13-3-1-12-10-14(4-2-11(12)9-13)17-7-5-16-6-8-17;;/h1,3,9,14,16H,2,4-8,10H2;2*1H.